The lowest BCUT2D eigenvalue weighted by molar-refractivity contribution is 0.102. The van der Waals surface area contributed by atoms with Gasteiger partial charge in [-0.15, -0.1) is 23.1 Å². The zero-order valence-electron chi connectivity index (χ0n) is 17.3. The van der Waals surface area contributed by atoms with Gasteiger partial charge in [0.05, 0.1) is 6.04 Å². The van der Waals surface area contributed by atoms with Gasteiger partial charge in [-0.3, -0.25) is 4.79 Å². The maximum atomic E-state index is 12.8. The third kappa shape index (κ3) is 5.16. The summed E-state index contributed by atoms with van der Waals surface area (Å²) in [5.41, 5.74) is 2.77. The Bertz CT molecular complexity index is 1140. The fourth-order valence-electron chi connectivity index (χ4n) is 3.34. The van der Waals surface area contributed by atoms with Crippen LogP contribution in [0, 0.1) is 6.92 Å². The molecule has 0 aliphatic rings. The molecule has 4 nitrogen and oxygen atoms in total. The van der Waals surface area contributed by atoms with E-state index >= 15 is 0 Å². The summed E-state index contributed by atoms with van der Waals surface area (Å²) < 4.78 is 0. The highest BCUT2D eigenvalue weighted by Gasteiger charge is 2.22. The summed E-state index contributed by atoms with van der Waals surface area (Å²) in [4.78, 5) is 19.6. The molecule has 156 valence electrons. The number of thioether (sulfide) groups is 1. The number of pyridine rings is 1. The largest absolute Gasteiger partial charge is 0.359 e. The van der Waals surface area contributed by atoms with Crippen LogP contribution in [0.4, 0.5) is 10.8 Å². The summed E-state index contributed by atoms with van der Waals surface area (Å²) in [5.74, 6) is 0.670. The minimum absolute atomic E-state index is 0.113. The van der Waals surface area contributed by atoms with Crippen molar-refractivity contribution in [3.63, 3.8) is 0 Å². The zero-order valence-corrected chi connectivity index (χ0v) is 19.0. The van der Waals surface area contributed by atoms with E-state index in [-0.39, 0.29) is 11.9 Å². The molecule has 0 radical (unpaired) electrons. The van der Waals surface area contributed by atoms with E-state index in [1.54, 1.807) is 29.3 Å². The molecule has 2 aromatic carbocycles. The zero-order chi connectivity index (χ0) is 21.6. The van der Waals surface area contributed by atoms with Gasteiger partial charge in [-0.05, 0) is 61.2 Å². The predicted molar refractivity (Wildman–Crippen MR) is 131 cm³/mol. The number of nitrogens with zero attached hydrogens (tertiary/aromatic N) is 1. The summed E-state index contributed by atoms with van der Waals surface area (Å²) >= 11 is 3.30. The number of hydrogen-bond acceptors (Lipinski definition) is 5. The summed E-state index contributed by atoms with van der Waals surface area (Å²) in [6.07, 6.45) is 3.84. The molecule has 2 N–H and O–H groups in total. The number of carbonyl (C=O) groups is 1. The van der Waals surface area contributed by atoms with Gasteiger partial charge in [-0.25, -0.2) is 4.98 Å². The maximum absolute atomic E-state index is 12.8. The van der Waals surface area contributed by atoms with Crippen molar-refractivity contribution in [1.82, 2.24) is 4.98 Å². The smallest absolute Gasteiger partial charge is 0.256 e. The van der Waals surface area contributed by atoms with Crippen molar-refractivity contribution in [2.45, 2.75) is 17.9 Å². The van der Waals surface area contributed by atoms with E-state index < -0.39 is 0 Å². The van der Waals surface area contributed by atoms with Crippen LogP contribution >= 0.6 is 23.1 Å². The SMILES string of the molecule is CSc1ccc(C(Nc2ccccn2)c2cc(C)sc2NC(=O)c2ccccc2)cc1. The molecule has 0 spiro atoms. The van der Waals surface area contributed by atoms with Crippen molar-refractivity contribution >= 4 is 39.8 Å². The van der Waals surface area contributed by atoms with Gasteiger partial charge in [0.15, 0.2) is 0 Å². The minimum Gasteiger partial charge on any atom is -0.359 e. The molecule has 1 amide bonds. The van der Waals surface area contributed by atoms with Gasteiger partial charge in [-0.2, -0.15) is 0 Å². The van der Waals surface area contributed by atoms with Crippen LogP contribution in [0.3, 0.4) is 0 Å². The molecule has 1 unspecified atom stereocenters. The molecule has 0 bridgehead atoms. The highest BCUT2D eigenvalue weighted by molar-refractivity contribution is 7.98. The third-order valence-electron chi connectivity index (χ3n) is 4.86. The second-order valence-electron chi connectivity index (χ2n) is 7.03. The predicted octanol–water partition coefficient (Wildman–Crippen LogP) is 6.63. The van der Waals surface area contributed by atoms with Gasteiger partial charge in [0.2, 0.25) is 0 Å². The molecular weight excluding hydrogens is 422 g/mol. The van der Waals surface area contributed by atoms with Gasteiger partial charge >= 0.3 is 0 Å². The van der Waals surface area contributed by atoms with E-state index in [2.05, 4.69) is 59.1 Å². The lowest BCUT2D eigenvalue weighted by atomic mass is 10.00. The first-order valence-electron chi connectivity index (χ1n) is 9.92. The number of amides is 1. The fraction of sp³-hybridized carbons (Fsp3) is 0.120. The van der Waals surface area contributed by atoms with Gasteiger partial charge in [0, 0.05) is 27.1 Å². The molecule has 2 heterocycles. The average molecular weight is 446 g/mol. The van der Waals surface area contributed by atoms with Crippen molar-refractivity contribution in [2.24, 2.45) is 0 Å². The molecule has 0 saturated carbocycles. The summed E-state index contributed by atoms with van der Waals surface area (Å²) in [7, 11) is 0. The molecular formula is C25H23N3OS2. The Morgan fingerprint density at radius 3 is 2.42 bits per heavy atom. The Kier molecular flexibility index (Phi) is 6.70. The fourth-order valence-corrected chi connectivity index (χ4v) is 4.70. The first-order chi connectivity index (χ1) is 15.1. The molecule has 0 saturated heterocycles. The summed E-state index contributed by atoms with van der Waals surface area (Å²) in [6.45, 7) is 2.06. The number of benzene rings is 2. The van der Waals surface area contributed by atoms with Crippen LogP contribution in [-0.2, 0) is 0 Å². The number of nitrogens with one attached hydrogen (secondary N) is 2. The molecule has 31 heavy (non-hydrogen) atoms. The number of aromatic nitrogens is 1. The van der Waals surface area contributed by atoms with Crippen LogP contribution in [-0.4, -0.2) is 17.1 Å². The van der Waals surface area contributed by atoms with E-state index in [1.165, 1.54) is 4.90 Å². The Morgan fingerprint density at radius 1 is 1.00 bits per heavy atom. The lowest BCUT2D eigenvalue weighted by Gasteiger charge is -2.21. The van der Waals surface area contributed by atoms with Crippen LogP contribution in [0.2, 0.25) is 0 Å². The van der Waals surface area contributed by atoms with E-state index in [9.17, 15) is 4.79 Å². The van der Waals surface area contributed by atoms with Crippen molar-refractivity contribution in [1.29, 1.82) is 0 Å². The van der Waals surface area contributed by atoms with Crippen LogP contribution in [0.5, 0.6) is 0 Å². The van der Waals surface area contributed by atoms with Crippen LogP contribution in [0.15, 0.2) is 90.0 Å². The van der Waals surface area contributed by atoms with Crippen molar-refractivity contribution < 1.29 is 4.79 Å². The quantitative estimate of drug-likeness (QED) is 0.314. The van der Waals surface area contributed by atoms with Gasteiger partial charge in [0.1, 0.15) is 10.8 Å². The topological polar surface area (TPSA) is 54.0 Å². The van der Waals surface area contributed by atoms with Crippen molar-refractivity contribution in [3.05, 3.63) is 107 Å². The summed E-state index contributed by atoms with van der Waals surface area (Å²) in [5, 5.41) is 7.52. The molecule has 0 aliphatic heterocycles. The maximum Gasteiger partial charge on any atom is 0.256 e. The molecule has 0 fully saturated rings. The monoisotopic (exact) mass is 445 g/mol. The van der Waals surface area contributed by atoms with Gasteiger partial charge in [-0.1, -0.05) is 36.4 Å². The number of carbonyl (C=O) groups excluding carboxylic acids is 1. The van der Waals surface area contributed by atoms with E-state index in [0.29, 0.717) is 5.56 Å². The molecule has 6 heteroatoms. The Morgan fingerprint density at radius 2 is 1.74 bits per heavy atom. The standard InChI is InChI=1S/C25H23N3OS2/c1-17-16-21(25(31-17)28-24(29)19-8-4-3-5-9-19)23(27-22-10-6-7-15-26-22)18-11-13-20(30-2)14-12-18/h3-16,23H,1-2H3,(H,26,27)(H,28,29). The second kappa shape index (κ2) is 9.81. The Labute approximate surface area is 190 Å². The normalized spacial score (nSPS) is 11.7. The average Bonchev–Trinajstić information content (AvgIpc) is 3.18. The molecule has 0 aliphatic carbocycles. The Balaban J connectivity index is 1.71. The molecule has 2 aromatic heterocycles. The molecule has 4 rings (SSSR count). The highest BCUT2D eigenvalue weighted by atomic mass is 32.2. The lowest BCUT2D eigenvalue weighted by Crippen LogP contribution is -2.17. The number of anilines is 2. The number of rotatable bonds is 7. The van der Waals surface area contributed by atoms with Crippen molar-refractivity contribution in [2.75, 3.05) is 16.9 Å². The summed E-state index contributed by atoms with van der Waals surface area (Å²) in [6, 6.07) is 25.6. The van der Waals surface area contributed by atoms with Crippen LogP contribution < -0.4 is 10.6 Å². The Hall–Kier alpha value is -3.09. The van der Waals surface area contributed by atoms with Gasteiger partial charge < -0.3 is 10.6 Å². The van der Waals surface area contributed by atoms with E-state index in [1.807, 2.05) is 48.5 Å². The number of hydrogen-bond donors (Lipinski definition) is 2. The van der Waals surface area contributed by atoms with Crippen molar-refractivity contribution in [3.8, 4) is 0 Å². The first kappa shape index (κ1) is 21.2. The highest BCUT2D eigenvalue weighted by Crippen LogP contribution is 2.38. The van der Waals surface area contributed by atoms with E-state index in [4.69, 9.17) is 0 Å². The number of thiophene rings is 1. The number of aryl methyl sites for hydroxylation is 1. The van der Waals surface area contributed by atoms with Crippen LogP contribution in [0.1, 0.15) is 32.4 Å². The van der Waals surface area contributed by atoms with Gasteiger partial charge in [0.25, 0.3) is 5.91 Å². The third-order valence-corrected chi connectivity index (χ3v) is 6.59. The first-order valence-corrected chi connectivity index (χ1v) is 12.0. The molecule has 1 atom stereocenters. The van der Waals surface area contributed by atoms with E-state index in [0.717, 1.165) is 26.8 Å². The minimum atomic E-state index is -0.151. The molecule has 4 aromatic rings. The van der Waals surface area contributed by atoms with Crippen LogP contribution in [0.25, 0.3) is 0 Å². The second-order valence-corrected chi connectivity index (χ2v) is 9.16.